The number of benzene rings is 1. The van der Waals surface area contributed by atoms with E-state index in [1.54, 1.807) is 0 Å². The minimum atomic E-state index is -1.97. The van der Waals surface area contributed by atoms with Crippen molar-refractivity contribution in [2.75, 3.05) is 6.54 Å². The molecule has 7 nitrogen and oxygen atoms in total. The zero-order valence-corrected chi connectivity index (χ0v) is 12.5. The monoisotopic (exact) mass is 305 g/mol. The fourth-order valence-electron chi connectivity index (χ4n) is 2.01. The van der Waals surface area contributed by atoms with Crippen LogP contribution in [0.2, 0.25) is 0 Å². The molecule has 1 atom stereocenters. The molecule has 0 aliphatic heterocycles. The van der Waals surface area contributed by atoms with Crippen molar-refractivity contribution >= 4 is 22.9 Å². The van der Waals surface area contributed by atoms with Gasteiger partial charge in [0.05, 0.1) is 17.6 Å². The van der Waals surface area contributed by atoms with Crippen LogP contribution in [0, 0.1) is 6.92 Å². The fourth-order valence-corrected chi connectivity index (χ4v) is 2.01. The van der Waals surface area contributed by atoms with Gasteiger partial charge in [0.1, 0.15) is 5.82 Å². The number of carbonyl (C=O) groups excluding carboxylic acids is 1. The number of aliphatic carboxylic acids is 1. The Morgan fingerprint density at radius 1 is 1.41 bits per heavy atom. The molecule has 0 aliphatic carbocycles. The van der Waals surface area contributed by atoms with Crippen LogP contribution in [0.15, 0.2) is 18.2 Å². The van der Waals surface area contributed by atoms with E-state index in [0.717, 1.165) is 23.5 Å². The smallest absolute Gasteiger partial charge is 0.337 e. The van der Waals surface area contributed by atoms with E-state index in [4.69, 9.17) is 5.11 Å². The van der Waals surface area contributed by atoms with Crippen LogP contribution in [0.3, 0.4) is 0 Å². The zero-order chi connectivity index (χ0) is 16.3. The predicted octanol–water partition coefficient (Wildman–Crippen LogP) is 0.756. The van der Waals surface area contributed by atoms with Gasteiger partial charge in [0.2, 0.25) is 5.91 Å². The van der Waals surface area contributed by atoms with Gasteiger partial charge in [-0.3, -0.25) is 4.79 Å². The Kier molecular flexibility index (Phi) is 4.46. The Hall–Kier alpha value is -2.41. The third kappa shape index (κ3) is 3.62. The van der Waals surface area contributed by atoms with Crippen LogP contribution in [0.1, 0.15) is 24.7 Å². The van der Waals surface area contributed by atoms with Gasteiger partial charge in [-0.25, -0.2) is 9.78 Å². The van der Waals surface area contributed by atoms with E-state index in [-0.39, 0.29) is 18.9 Å². The van der Waals surface area contributed by atoms with Crippen LogP contribution in [0.4, 0.5) is 0 Å². The number of H-pyrrole nitrogens is 1. The number of para-hydroxylation sites is 1. The van der Waals surface area contributed by atoms with Crippen molar-refractivity contribution in [1.29, 1.82) is 0 Å². The van der Waals surface area contributed by atoms with Gasteiger partial charge in [-0.2, -0.15) is 0 Å². The fraction of sp³-hybridized carbons (Fsp3) is 0.400. The third-order valence-corrected chi connectivity index (χ3v) is 3.44. The molecule has 0 bridgehead atoms. The van der Waals surface area contributed by atoms with Crippen LogP contribution in [0.25, 0.3) is 11.0 Å². The molecule has 1 unspecified atom stereocenters. The molecule has 0 saturated carbocycles. The van der Waals surface area contributed by atoms with Crippen molar-refractivity contribution in [3.05, 3.63) is 29.6 Å². The van der Waals surface area contributed by atoms with E-state index >= 15 is 0 Å². The zero-order valence-electron chi connectivity index (χ0n) is 12.5. The first kappa shape index (κ1) is 16.0. The maximum absolute atomic E-state index is 11.7. The number of nitrogens with one attached hydrogen (secondary N) is 2. The number of imidazole rings is 1. The van der Waals surface area contributed by atoms with E-state index in [0.29, 0.717) is 12.2 Å². The molecule has 0 fully saturated rings. The topological polar surface area (TPSA) is 115 Å². The molecule has 118 valence electrons. The number of hydrogen-bond donors (Lipinski definition) is 4. The summed E-state index contributed by atoms with van der Waals surface area (Å²) in [6.45, 7) is 2.77. The molecule has 1 heterocycles. The number of aliphatic hydroxyl groups is 1. The number of amides is 1. The number of rotatable bonds is 6. The van der Waals surface area contributed by atoms with Gasteiger partial charge in [0.25, 0.3) is 0 Å². The molecule has 4 N–H and O–H groups in total. The number of fused-ring (bicyclic) bond motifs is 1. The summed E-state index contributed by atoms with van der Waals surface area (Å²) >= 11 is 0. The summed E-state index contributed by atoms with van der Waals surface area (Å²) in [6.07, 6.45) is 0.573. The number of aryl methyl sites for hydroxylation is 2. The van der Waals surface area contributed by atoms with Crippen molar-refractivity contribution in [2.45, 2.75) is 32.3 Å². The lowest BCUT2D eigenvalue weighted by atomic mass is 10.1. The molecule has 1 amide bonds. The highest BCUT2D eigenvalue weighted by Crippen LogP contribution is 2.16. The summed E-state index contributed by atoms with van der Waals surface area (Å²) < 4.78 is 0. The Morgan fingerprint density at radius 3 is 2.77 bits per heavy atom. The molecular weight excluding hydrogens is 286 g/mol. The van der Waals surface area contributed by atoms with Gasteiger partial charge in [-0.15, -0.1) is 0 Å². The minimum Gasteiger partial charge on any atom is -0.479 e. The van der Waals surface area contributed by atoms with Crippen molar-refractivity contribution in [1.82, 2.24) is 15.3 Å². The summed E-state index contributed by atoms with van der Waals surface area (Å²) in [5, 5.41) is 20.7. The van der Waals surface area contributed by atoms with Gasteiger partial charge in [-0.05, 0) is 25.5 Å². The summed E-state index contributed by atoms with van der Waals surface area (Å²) in [4.78, 5) is 30.0. The molecule has 0 radical (unpaired) electrons. The summed E-state index contributed by atoms with van der Waals surface area (Å²) in [6, 6.07) is 5.82. The van der Waals surface area contributed by atoms with Gasteiger partial charge in [-0.1, -0.05) is 12.1 Å². The highest BCUT2D eigenvalue weighted by atomic mass is 16.4. The molecule has 0 aliphatic rings. The highest BCUT2D eigenvalue weighted by Gasteiger charge is 2.30. The second kappa shape index (κ2) is 6.15. The Morgan fingerprint density at radius 2 is 2.14 bits per heavy atom. The summed E-state index contributed by atoms with van der Waals surface area (Å²) in [5.41, 5.74) is 0.893. The first-order chi connectivity index (χ1) is 10.3. The van der Waals surface area contributed by atoms with Crippen molar-refractivity contribution < 1.29 is 19.8 Å². The molecule has 2 aromatic rings. The predicted molar refractivity (Wildman–Crippen MR) is 80.4 cm³/mol. The molecule has 0 spiro atoms. The number of carboxylic acid groups (broad SMARTS) is 1. The lowest BCUT2D eigenvalue weighted by Gasteiger charge is -2.18. The lowest BCUT2D eigenvalue weighted by Crippen LogP contribution is -2.46. The first-order valence-electron chi connectivity index (χ1n) is 6.96. The summed E-state index contributed by atoms with van der Waals surface area (Å²) in [5.74, 6) is -1.01. The number of nitrogens with zero attached hydrogens (tertiary/aromatic N) is 1. The van der Waals surface area contributed by atoms with E-state index in [9.17, 15) is 14.7 Å². The average Bonchev–Trinajstić information content (AvgIpc) is 2.87. The van der Waals surface area contributed by atoms with Gasteiger partial charge < -0.3 is 20.5 Å². The molecular formula is C15H19N3O4. The number of carbonyl (C=O) groups is 2. The van der Waals surface area contributed by atoms with Crippen LogP contribution < -0.4 is 5.32 Å². The molecule has 1 aromatic carbocycles. The maximum Gasteiger partial charge on any atom is 0.337 e. The average molecular weight is 305 g/mol. The maximum atomic E-state index is 11.7. The Labute approximate surface area is 127 Å². The summed E-state index contributed by atoms with van der Waals surface area (Å²) in [7, 11) is 0. The van der Waals surface area contributed by atoms with E-state index in [2.05, 4.69) is 15.3 Å². The number of hydrogen-bond acceptors (Lipinski definition) is 4. The molecule has 1 aromatic heterocycles. The minimum absolute atomic E-state index is 0.161. The van der Waals surface area contributed by atoms with Crippen molar-refractivity contribution in [3.8, 4) is 0 Å². The number of aromatic amines is 1. The van der Waals surface area contributed by atoms with Crippen LogP contribution in [-0.2, 0) is 16.0 Å². The van der Waals surface area contributed by atoms with Crippen LogP contribution in [0.5, 0.6) is 0 Å². The van der Waals surface area contributed by atoms with Gasteiger partial charge in [0, 0.05) is 12.8 Å². The normalized spacial score (nSPS) is 13.8. The van der Waals surface area contributed by atoms with Crippen molar-refractivity contribution in [3.63, 3.8) is 0 Å². The first-order valence-corrected chi connectivity index (χ1v) is 6.96. The molecule has 7 heteroatoms. The second-order valence-electron chi connectivity index (χ2n) is 5.51. The van der Waals surface area contributed by atoms with Crippen LogP contribution >= 0.6 is 0 Å². The third-order valence-electron chi connectivity index (χ3n) is 3.44. The number of carboxylic acids is 1. The molecule has 2 rings (SSSR count). The largest absolute Gasteiger partial charge is 0.479 e. The van der Waals surface area contributed by atoms with E-state index in [1.165, 1.54) is 0 Å². The second-order valence-corrected chi connectivity index (χ2v) is 5.51. The standard InChI is InChI=1S/C15H19N3O4/c1-9-4-3-5-10-13(9)18-11(17-10)6-7-12(19)16-8-15(2,22)14(20)21/h3-5,22H,6-8H2,1-2H3,(H,16,19)(H,17,18)(H,20,21). The molecule has 0 saturated heterocycles. The van der Waals surface area contributed by atoms with E-state index < -0.39 is 11.6 Å². The van der Waals surface area contributed by atoms with Crippen molar-refractivity contribution in [2.24, 2.45) is 0 Å². The Balaban J connectivity index is 1.90. The van der Waals surface area contributed by atoms with Gasteiger partial charge >= 0.3 is 5.97 Å². The SMILES string of the molecule is Cc1cccc2[nH]c(CCC(=O)NCC(C)(O)C(=O)O)nc12. The lowest BCUT2D eigenvalue weighted by molar-refractivity contribution is -0.156. The Bertz CT molecular complexity index is 706. The quantitative estimate of drug-likeness (QED) is 0.629. The van der Waals surface area contributed by atoms with Crippen LogP contribution in [-0.4, -0.2) is 44.2 Å². The van der Waals surface area contributed by atoms with E-state index in [1.807, 2.05) is 25.1 Å². The number of aromatic nitrogens is 2. The van der Waals surface area contributed by atoms with Gasteiger partial charge in [0.15, 0.2) is 5.60 Å². The highest BCUT2D eigenvalue weighted by molar-refractivity contribution is 5.81. The molecule has 22 heavy (non-hydrogen) atoms.